The van der Waals surface area contributed by atoms with Gasteiger partial charge in [0.25, 0.3) is 5.69 Å². The van der Waals surface area contributed by atoms with Crippen LogP contribution < -0.4 is 9.64 Å². The SMILES string of the molecule is CCCCOC(=O)c1ccc(N2C[C@H](C(=O)OCC(=O)c3ccc(OC(=O)c4ccc([N+](=O)[O-])cc4)cc3)CC2=O)cc1. The first kappa shape index (κ1) is 30.6. The molecule has 4 rings (SSSR count). The van der Waals surface area contributed by atoms with Crippen LogP contribution in [0, 0.1) is 16.0 Å². The second-order valence-corrected chi connectivity index (χ2v) is 9.69. The minimum absolute atomic E-state index is 0.0704. The second kappa shape index (κ2) is 14.0. The van der Waals surface area contributed by atoms with E-state index in [1.165, 1.54) is 53.4 Å². The zero-order chi connectivity index (χ0) is 30.9. The number of ketones is 1. The highest BCUT2D eigenvalue weighted by atomic mass is 16.6. The summed E-state index contributed by atoms with van der Waals surface area (Å²) in [6, 6.07) is 16.8. The summed E-state index contributed by atoms with van der Waals surface area (Å²) in [5.41, 5.74) is 1.04. The van der Waals surface area contributed by atoms with Crippen molar-refractivity contribution in [2.24, 2.45) is 5.92 Å². The molecule has 3 aromatic carbocycles. The Bertz CT molecular complexity index is 1520. The van der Waals surface area contributed by atoms with Gasteiger partial charge in [0.2, 0.25) is 5.91 Å². The number of carbonyl (C=O) groups is 5. The van der Waals surface area contributed by atoms with Gasteiger partial charge in [-0.3, -0.25) is 24.5 Å². The fourth-order valence-electron chi connectivity index (χ4n) is 4.22. The van der Waals surface area contributed by atoms with Gasteiger partial charge in [0.15, 0.2) is 12.4 Å². The molecule has 1 atom stereocenters. The maximum absolute atomic E-state index is 12.6. The van der Waals surface area contributed by atoms with Gasteiger partial charge in [0.05, 0.1) is 28.6 Å². The van der Waals surface area contributed by atoms with Crippen LogP contribution in [-0.2, 0) is 19.1 Å². The molecule has 0 unspecified atom stereocenters. The average molecular weight is 589 g/mol. The summed E-state index contributed by atoms with van der Waals surface area (Å²) in [5, 5.41) is 10.8. The number of rotatable bonds is 12. The van der Waals surface area contributed by atoms with E-state index in [1.807, 2.05) is 6.92 Å². The van der Waals surface area contributed by atoms with E-state index in [1.54, 1.807) is 24.3 Å². The third kappa shape index (κ3) is 7.88. The Hall–Kier alpha value is -5.39. The third-order valence-electron chi connectivity index (χ3n) is 6.65. The van der Waals surface area contributed by atoms with E-state index in [-0.39, 0.29) is 41.4 Å². The van der Waals surface area contributed by atoms with E-state index >= 15 is 0 Å². The van der Waals surface area contributed by atoms with Crippen molar-refractivity contribution in [2.45, 2.75) is 26.2 Å². The van der Waals surface area contributed by atoms with Gasteiger partial charge < -0.3 is 19.1 Å². The molecular weight excluding hydrogens is 560 g/mol. The van der Waals surface area contributed by atoms with Crippen LogP contribution in [0.3, 0.4) is 0 Å². The Morgan fingerprint density at radius 1 is 0.860 bits per heavy atom. The maximum atomic E-state index is 12.6. The Kier molecular flexibility index (Phi) is 9.94. The van der Waals surface area contributed by atoms with Crippen LogP contribution in [0.25, 0.3) is 0 Å². The minimum atomic E-state index is -0.764. The molecule has 1 aliphatic rings. The van der Waals surface area contributed by atoms with Crippen molar-refractivity contribution in [3.05, 3.63) is 99.6 Å². The molecule has 0 saturated carbocycles. The number of anilines is 1. The number of nitrogens with zero attached hydrogens (tertiary/aromatic N) is 2. The Morgan fingerprint density at radius 2 is 1.47 bits per heavy atom. The molecule has 0 radical (unpaired) electrons. The number of amides is 1. The summed E-state index contributed by atoms with van der Waals surface area (Å²) in [7, 11) is 0. The fourth-order valence-corrected chi connectivity index (χ4v) is 4.22. The molecule has 0 aliphatic carbocycles. The van der Waals surface area contributed by atoms with Crippen molar-refractivity contribution < 1.29 is 43.1 Å². The topological polar surface area (TPSA) is 159 Å². The van der Waals surface area contributed by atoms with Crippen molar-refractivity contribution in [1.82, 2.24) is 0 Å². The highest BCUT2D eigenvalue weighted by Crippen LogP contribution is 2.26. The summed E-state index contributed by atoms with van der Waals surface area (Å²) in [5.74, 6) is -3.27. The van der Waals surface area contributed by atoms with E-state index < -0.39 is 41.1 Å². The van der Waals surface area contributed by atoms with Crippen LogP contribution in [0.15, 0.2) is 72.8 Å². The van der Waals surface area contributed by atoms with Gasteiger partial charge >= 0.3 is 17.9 Å². The second-order valence-electron chi connectivity index (χ2n) is 9.69. The maximum Gasteiger partial charge on any atom is 0.343 e. The Balaban J connectivity index is 1.25. The monoisotopic (exact) mass is 588 g/mol. The fraction of sp³-hybridized carbons (Fsp3) is 0.258. The van der Waals surface area contributed by atoms with Crippen LogP contribution in [-0.4, -0.2) is 54.3 Å². The standard InChI is InChI=1S/C31H28N2O10/c1-2-3-16-41-29(36)21-4-10-24(11-5-21)32-18-23(17-28(32)35)30(37)42-19-27(34)20-8-14-26(15-9-20)43-31(38)22-6-12-25(13-7-22)33(39)40/h4-15,23H,2-3,16-19H2,1H3/t23-/m1/s1. The van der Waals surface area contributed by atoms with Crippen molar-refractivity contribution >= 4 is 41.0 Å². The summed E-state index contributed by atoms with van der Waals surface area (Å²) in [6.07, 6.45) is 1.59. The van der Waals surface area contributed by atoms with Crippen LogP contribution in [0.5, 0.6) is 5.75 Å². The van der Waals surface area contributed by atoms with Gasteiger partial charge in [0, 0.05) is 36.3 Å². The molecule has 1 heterocycles. The predicted molar refractivity (Wildman–Crippen MR) is 152 cm³/mol. The first-order valence-electron chi connectivity index (χ1n) is 13.5. The molecule has 12 nitrogen and oxygen atoms in total. The number of carbonyl (C=O) groups excluding carboxylic acids is 5. The molecule has 0 bridgehead atoms. The molecule has 1 fully saturated rings. The molecule has 0 aromatic heterocycles. The minimum Gasteiger partial charge on any atom is -0.462 e. The van der Waals surface area contributed by atoms with Gasteiger partial charge in [-0.2, -0.15) is 0 Å². The van der Waals surface area contributed by atoms with Crippen molar-refractivity contribution in [1.29, 1.82) is 0 Å². The smallest absolute Gasteiger partial charge is 0.343 e. The highest BCUT2D eigenvalue weighted by Gasteiger charge is 2.36. The zero-order valence-corrected chi connectivity index (χ0v) is 23.2. The van der Waals surface area contributed by atoms with Crippen molar-refractivity contribution in [3.8, 4) is 5.75 Å². The lowest BCUT2D eigenvalue weighted by Crippen LogP contribution is -2.27. The van der Waals surface area contributed by atoms with E-state index in [2.05, 4.69) is 0 Å². The van der Waals surface area contributed by atoms with E-state index in [9.17, 15) is 34.1 Å². The van der Waals surface area contributed by atoms with Crippen molar-refractivity contribution in [3.63, 3.8) is 0 Å². The number of non-ortho nitro benzene ring substituents is 1. The van der Waals surface area contributed by atoms with Gasteiger partial charge in [0.1, 0.15) is 5.75 Å². The summed E-state index contributed by atoms with van der Waals surface area (Å²) in [4.78, 5) is 73.8. The molecule has 1 saturated heterocycles. The van der Waals surface area contributed by atoms with E-state index in [0.717, 1.165) is 12.8 Å². The van der Waals surface area contributed by atoms with Crippen LogP contribution in [0.4, 0.5) is 11.4 Å². The zero-order valence-electron chi connectivity index (χ0n) is 23.2. The van der Waals surface area contributed by atoms with E-state index in [4.69, 9.17) is 14.2 Å². The van der Waals surface area contributed by atoms with Crippen molar-refractivity contribution in [2.75, 3.05) is 24.7 Å². The first-order chi connectivity index (χ1) is 20.7. The van der Waals surface area contributed by atoms with Crippen LogP contribution in [0.2, 0.25) is 0 Å². The third-order valence-corrected chi connectivity index (χ3v) is 6.65. The van der Waals surface area contributed by atoms with Gasteiger partial charge in [-0.05, 0) is 67.1 Å². The number of nitro benzene ring substituents is 1. The number of hydrogen-bond acceptors (Lipinski definition) is 10. The van der Waals surface area contributed by atoms with Gasteiger partial charge in [-0.15, -0.1) is 0 Å². The molecule has 0 N–H and O–H groups in total. The van der Waals surface area contributed by atoms with Crippen LogP contribution >= 0.6 is 0 Å². The Labute approximate surface area is 246 Å². The largest absolute Gasteiger partial charge is 0.462 e. The quantitative estimate of drug-likeness (QED) is 0.0733. The summed E-state index contributed by atoms with van der Waals surface area (Å²) < 4.78 is 15.6. The highest BCUT2D eigenvalue weighted by molar-refractivity contribution is 6.01. The number of esters is 3. The molecule has 0 spiro atoms. The van der Waals surface area contributed by atoms with Crippen LogP contribution in [0.1, 0.15) is 57.3 Å². The molecular formula is C31H28N2O10. The number of Topliss-reactive ketones (excluding diaryl/α,β-unsaturated/α-hetero) is 1. The number of unbranched alkanes of at least 4 members (excludes halogenated alkanes) is 1. The number of hydrogen-bond donors (Lipinski definition) is 0. The molecule has 43 heavy (non-hydrogen) atoms. The number of benzene rings is 3. The molecule has 1 aliphatic heterocycles. The lowest BCUT2D eigenvalue weighted by atomic mass is 10.1. The lowest BCUT2D eigenvalue weighted by Gasteiger charge is -2.17. The van der Waals surface area contributed by atoms with Gasteiger partial charge in [-0.25, -0.2) is 9.59 Å². The summed E-state index contributed by atoms with van der Waals surface area (Å²) >= 11 is 0. The molecule has 3 aromatic rings. The normalized spacial score (nSPS) is 14.2. The lowest BCUT2D eigenvalue weighted by molar-refractivity contribution is -0.384. The molecule has 1 amide bonds. The summed E-state index contributed by atoms with van der Waals surface area (Å²) in [6.45, 7) is 1.86. The molecule has 12 heteroatoms. The average Bonchev–Trinajstić information content (AvgIpc) is 3.41. The molecule has 222 valence electrons. The Morgan fingerprint density at radius 3 is 2.09 bits per heavy atom. The predicted octanol–water partition coefficient (Wildman–Crippen LogP) is 4.55. The van der Waals surface area contributed by atoms with E-state index in [0.29, 0.717) is 17.9 Å². The number of ether oxygens (including phenoxy) is 3. The number of nitro groups is 1. The first-order valence-corrected chi connectivity index (χ1v) is 13.5. The van der Waals surface area contributed by atoms with Gasteiger partial charge in [-0.1, -0.05) is 13.3 Å².